The number of carbonyl (C=O) groups is 1. The maximum atomic E-state index is 12.1. The van der Waals surface area contributed by atoms with Gasteiger partial charge < -0.3 is 5.32 Å². The second-order valence-corrected chi connectivity index (χ2v) is 7.90. The van der Waals surface area contributed by atoms with E-state index in [9.17, 15) is 4.79 Å². The van der Waals surface area contributed by atoms with Gasteiger partial charge in [0, 0.05) is 17.3 Å². The van der Waals surface area contributed by atoms with Gasteiger partial charge in [-0.3, -0.25) is 4.79 Å². The predicted octanol–water partition coefficient (Wildman–Crippen LogP) is 3.39. The van der Waals surface area contributed by atoms with Crippen LogP contribution in [0.5, 0.6) is 0 Å². The monoisotopic (exact) mass is 310 g/mol. The lowest BCUT2D eigenvalue weighted by atomic mass is 10.2. The average molecular weight is 310 g/mol. The smallest absolute Gasteiger partial charge is 0.240 e. The normalized spacial score (nSPS) is 19.5. The summed E-state index contributed by atoms with van der Waals surface area (Å²) in [5.41, 5.74) is 2.17. The van der Waals surface area contributed by atoms with E-state index in [4.69, 9.17) is 0 Å². The van der Waals surface area contributed by atoms with E-state index >= 15 is 0 Å². The van der Waals surface area contributed by atoms with Crippen LogP contribution in [0, 0.1) is 6.92 Å². The van der Waals surface area contributed by atoms with Gasteiger partial charge in [-0.15, -0.1) is 11.8 Å². The third kappa shape index (κ3) is 3.07. The Balaban J connectivity index is 1.75. The van der Waals surface area contributed by atoms with Crippen LogP contribution in [-0.4, -0.2) is 33.4 Å². The van der Waals surface area contributed by atoms with Crippen LogP contribution in [-0.2, 0) is 4.79 Å². The summed E-state index contributed by atoms with van der Waals surface area (Å²) < 4.78 is 1.13. The van der Waals surface area contributed by atoms with Crippen LogP contribution < -0.4 is 5.32 Å². The van der Waals surface area contributed by atoms with Gasteiger partial charge in [0.25, 0.3) is 0 Å². The fourth-order valence-electron chi connectivity index (χ4n) is 1.91. The average Bonchev–Trinajstić information content (AvgIpc) is 2.81. The van der Waals surface area contributed by atoms with Crippen LogP contribution in [0.3, 0.4) is 0 Å². The third-order valence-corrected chi connectivity index (χ3v) is 6.57. The largest absolute Gasteiger partial charge is 0.301 e. The molecule has 0 aliphatic carbocycles. The first-order valence-electron chi connectivity index (χ1n) is 6.10. The summed E-state index contributed by atoms with van der Waals surface area (Å²) in [6.45, 7) is 2.06. The van der Waals surface area contributed by atoms with E-state index in [-0.39, 0.29) is 11.2 Å². The molecule has 3 nitrogen and oxygen atoms in total. The van der Waals surface area contributed by atoms with Crippen molar-refractivity contribution in [2.45, 2.75) is 12.2 Å². The van der Waals surface area contributed by atoms with Gasteiger partial charge in [-0.05, 0) is 24.6 Å². The third-order valence-electron chi connectivity index (χ3n) is 2.88. The molecule has 1 N–H and O–H groups in total. The van der Waals surface area contributed by atoms with Gasteiger partial charge in [0.2, 0.25) is 5.91 Å². The molecule has 1 saturated heterocycles. The number of nitrogens with zero attached hydrogens (tertiary/aromatic N) is 1. The number of hydrogen-bond acceptors (Lipinski definition) is 5. The molecule has 0 bridgehead atoms. The highest BCUT2D eigenvalue weighted by Gasteiger charge is 2.23. The summed E-state index contributed by atoms with van der Waals surface area (Å²) in [6, 6.07) is 6.15. The molecule has 1 fully saturated rings. The second-order valence-electron chi connectivity index (χ2n) is 4.41. The fraction of sp³-hybridized carbons (Fsp3) is 0.385. The van der Waals surface area contributed by atoms with E-state index in [1.807, 2.05) is 23.9 Å². The molecular weight excluding hydrogens is 296 g/mol. The van der Waals surface area contributed by atoms with E-state index in [0.29, 0.717) is 5.13 Å². The zero-order valence-electron chi connectivity index (χ0n) is 10.5. The lowest BCUT2D eigenvalue weighted by Gasteiger charge is -2.19. The summed E-state index contributed by atoms with van der Waals surface area (Å²) in [4.78, 5) is 16.6. The van der Waals surface area contributed by atoms with Gasteiger partial charge in [0.15, 0.2) is 5.13 Å². The van der Waals surface area contributed by atoms with E-state index in [1.54, 1.807) is 23.1 Å². The number of fused-ring (bicyclic) bond motifs is 1. The van der Waals surface area contributed by atoms with E-state index in [1.165, 1.54) is 5.56 Å². The number of benzene rings is 1. The van der Waals surface area contributed by atoms with Crippen molar-refractivity contribution in [3.63, 3.8) is 0 Å². The number of carbonyl (C=O) groups excluding carboxylic acids is 1. The number of thioether (sulfide) groups is 2. The van der Waals surface area contributed by atoms with Crippen LogP contribution in [0.15, 0.2) is 18.2 Å². The summed E-state index contributed by atoms with van der Waals surface area (Å²) >= 11 is 5.14. The van der Waals surface area contributed by atoms with Crippen molar-refractivity contribution in [2.24, 2.45) is 0 Å². The number of anilines is 1. The Kier molecular flexibility index (Phi) is 4.00. The molecule has 19 heavy (non-hydrogen) atoms. The number of hydrogen-bond donors (Lipinski definition) is 1. The molecule has 0 spiro atoms. The molecule has 6 heteroatoms. The zero-order valence-corrected chi connectivity index (χ0v) is 13.0. The molecule has 1 aliphatic rings. The first-order chi connectivity index (χ1) is 9.22. The molecule has 1 aromatic heterocycles. The first-order valence-corrected chi connectivity index (χ1v) is 9.12. The number of aryl methyl sites for hydroxylation is 1. The number of rotatable bonds is 2. The molecule has 0 radical (unpaired) electrons. The van der Waals surface area contributed by atoms with Crippen molar-refractivity contribution < 1.29 is 4.79 Å². The van der Waals surface area contributed by atoms with Crippen molar-refractivity contribution in [1.29, 1.82) is 0 Å². The number of amides is 1. The summed E-state index contributed by atoms with van der Waals surface area (Å²) in [5, 5.41) is 3.73. The Morgan fingerprint density at radius 1 is 1.42 bits per heavy atom. The molecule has 100 valence electrons. The van der Waals surface area contributed by atoms with Crippen molar-refractivity contribution in [3.8, 4) is 0 Å². The van der Waals surface area contributed by atoms with Crippen LogP contribution >= 0.6 is 34.9 Å². The highest BCUT2D eigenvalue weighted by molar-refractivity contribution is 8.07. The van der Waals surface area contributed by atoms with Gasteiger partial charge in [0.05, 0.1) is 15.5 Å². The molecule has 0 unspecified atom stereocenters. The molecular formula is C13H14N2OS3. The van der Waals surface area contributed by atoms with Gasteiger partial charge in [0.1, 0.15) is 0 Å². The minimum absolute atomic E-state index is 0.0625. The molecule has 2 aromatic rings. The van der Waals surface area contributed by atoms with Gasteiger partial charge in [-0.1, -0.05) is 17.4 Å². The van der Waals surface area contributed by atoms with E-state index in [2.05, 4.69) is 23.3 Å². The molecule has 1 aliphatic heterocycles. The quantitative estimate of drug-likeness (QED) is 0.923. The van der Waals surface area contributed by atoms with Crippen LogP contribution in [0.2, 0.25) is 0 Å². The first kappa shape index (κ1) is 13.3. The molecule has 0 saturated carbocycles. The lowest BCUT2D eigenvalue weighted by molar-refractivity contribution is -0.115. The summed E-state index contributed by atoms with van der Waals surface area (Å²) in [5.74, 6) is 3.20. The Morgan fingerprint density at radius 2 is 2.32 bits per heavy atom. The predicted molar refractivity (Wildman–Crippen MR) is 86.6 cm³/mol. The number of nitrogens with one attached hydrogen (secondary N) is 1. The van der Waals surface area contributed by atoms with Gasteiger partial charge >= 0.3 is 0 Å². The van der Waals surface area contributed by atoms with E-state index in [0.717, 1.165) is 27.5 Å². The van der Waals surface area contributed by atoms with Crippen LogP contribution in [0.25, 0.3) is 10.2 Å². The van der Waals surface area contributed by atoms with Crippen LogP contribution in [0.4, 0.5) is 5.13 Å². The SMILES string of the molecule is Cc1ccc2nc(NC(=O)[C@H]3CSCCS3)sc2c1. The Morgan fingerprint density at radius 3 is 3.11 bits per heavy atom. The maximum Gasteiger partial charge on any atom is 0.240 e. The van der Waals surface area contributed by atoms with E-state index < -0.39 is 0 Å². The van der Waals surface area contributed by atoms with Crippen molar-refractivity contribution in [3.05, 3.63) is 23.8 Å². The summed E-state index contributed by atoms with van der Waals surface area (Å²) in [7, 11) is 0. The molecule has 1 aromatic carbocycles. The van der Waals surface area contributed by atoms with Crippen molar-refractivity contribution in [2.75, 3.05) is 22.6 Å². The number of thiazole rings is 1. The fourth-order valence-corrected chi connectivity index (χ4v) is 5.43. The molecule has 2 heterocycles. The van der Waals surface area contributed by atoms with Gasteiger partial charge in [-0.2, -0.15) is 11.8 Å². The maximum absolute atomic E-state index is 12.1. The highest BCUT2D eigenvalue weighted by atomic mass is 32.2. The van der Waals surface area contributed by atoms with Crippen molar-refractivity contribution >= 4 is 56.1 Å². The molecule has 1 atom stereocenters. The highest BCUT2D eigenvalue weighted by Crippen LogP contribution is 2.29. The molecule has 1 amide bonds. The molecule has 3 rings (SSSR count). The topological polar surface area (TPSA) is 42.0 Å². The standard InChI is InChI=1S/C13H14N2OS3/c1-8-2-3-9-10(6-8)19-13(14-9)15-12(16)11-7-17-4-5-18-11/h2-3,6,11H,4-5,7H2,1H3,(H,14,15,16)/t11-/m1/s1. The zero-order chi connectivity index (χ0) is 13.2. The van der Waals surface area contributed by atoms with Crippen LogP contribution in [0.1, 0.15) is 5.56 Å². The minimum Gasteiger partial charge on any atom is -0.301 e. The second kappa shape index (κ2) is 5.73. The Bertz CT molecular complexity index is 605. The Labute approximate surface area is 124 Å². The Hall–Kier alpha value is -0.720. The van der Waals surface area contributed by atoms with Gasteiger partial charge in [-0.25, -0.2) is 4.98 Å². The number of aromatic nitrogens is 1. The minimum atomic E-state index is 0.0625. The summed E-state index contributed by atoms with van der Waals surface area (Å²) in [6.07, 6.45) is 0. The van der Waals surface area contributed by atoms with Crippen molar-refractivity contribution in [1.82, 2.24) is 4.98 Å². The lowest BCUT2D eigenvalue weighted by Crippen LogP contribution is -2.29.